The van der Waals surface area contributed by atoms with Crippen molar-refractivity contribution in [2.45, 2.75) is 0 Å². The molecule has 0 atom stereocenters. The molecule has 0 aliphatic rings. The van der Waals surface area contributed by atoms with Crippen molar-refractivity contribution < 1.29 is 9.72 Å². The van der Waals surface area contributed by atoms with Crippen LogP contribution in [0.1, 0.15) is 10.4 Å². The number of hydrogen-bond acceptors (Lipinski definition) is 6. The van der Waals surface area contributed by atoms with Crippen molar-refractivity contribution in [2.75, 3.05) is 5.32 Å². The second-order valence-corrected chi connectivity index (χ2v) is 6.04. The molecule has 0 radical (unpaired) electrons. The van der Waals surface area contributed by atoms with E-state index in [4.69, 9.17) is 11.6 Å². The number of nitro groups is 1. The highest BCUT2D eigenvalue weighted by molar-refractivity contribution is 7.18. The first-order valence-electron chi connectivity index (χ1n) is 6.69. The van der Waals surface area contributed by atoms with Crippen LogP contribution in [0.2, 0.25) is 5.02 Å². The summed E-state index contributed by atoms with van der Waals surface area (Å²) in [6, 6.07) is 13.1. The second-order valence-electron chi connectivity index (χ2n) is 4.65. The molecule has 3 aromatic rings. The van der Waals surface area contributed by atoms with Gasteiger partial charge in [0.05, 0.1) is 15.5 Å². The number of nitrogens with one attached hydrogen (secondary N) is 1. The average Bonchev–Trinajstić information content (AvgIpc) is 3.04. The van der Waals surface area contributed by atoms with Gasteiger partial charge >= 0.3 is 0 Å². The Balaban J connectivity index is 1.82. The number of amides is 1. The zero-order valence-corrected chi connectivity index (χ0v) is 13.5. The third-order valence-corrected chi connectivity index (χ3v) is 4.29. The van der Waals surface area contributed by atoms with Crippen LogP contribution in [0.4, 0.5) is 10.8 Å². The quantitative estimate of drug-likeness (QED) is 0.559. The lowest BCUT2D eigenvalue weighted by molar-refractivity contribution is -0.384. The van der Waals surface area contributed by atoms with E-state index in [0.29, 0.717) is 5.01 Å². The van der Waals surface area contributed by atoms with Crippen molar-refractivity contribution in [3.05, 3.63) is 69.2 Å². The van der Waals surface area contributed by atoms with Crippen LogP contribution in [-0.2, 0) is 0 Å². The third-order valence-electron chi connectivity index (χ3n) is 3.07. The van der Waals surface area contributed by atoms with Crippen LogP contribution < -0.4 is 5.32 Å². The van der Waals surface area contributed by atoms with Crippen molar-refractivity contribution in [1.82, 2.24) is 10.2 Å². The second kappa shape index (κ2) is 6.73. The van der Waals surface area contributed by atoms with E-state index >= 15 is 0 Å². The number of benzene rings is 2. The van der Waals surface area contributed by atoms with Crippen molar-refractivity contribution in [1.29, 1.82) is 0 Å². The van der Waals surface area contributed by atoms with Crippen LogP contribution in [0, 0.1) is 10.1 Å². The first-order chi connectivity index (χ1) is 11.5. The minimum Gasteiger partial charge on any atom is -0.296 e. The van der Waals surface area contributed by atoms with Gasteiger partial charge in [0.15, 0.2) is 0 Å². The molecule has 2 aromatic carbocycles. The van der Waals surface area contributed by atoms with E-state index in [1.165, 1.54) is 23.5 Å². The summed E-state index contributed by atoms with van der Waals surface area (Å²) >= 11 is 7.14. The average molecular weight is 361 g/mol. The van der Waals surface area contributed by atoms with Gasteiger partial charge in [0, 0.05) is 17.7 Å². The van der Waals surface area contributed by atoms with Gasteiger partial charge < -0.3 is 0 Å². The Morgan fingerprint density at radius 2 is 1.92 bits per heavy atom. The summed E-state index contributed by atoms with van der Waals surface area (Å²) in [7, 11) is 0. The van der Waals surface area contributed by atoms with Crippen molar-refractivity contribution in [3.8, 4) is 10.6 Å². The largest absolute Gasteiger partial charge is 0.296 e. The maximum absolute atomic E-state index is 12.3. The van der Waals surface area contributed by atoms with E-state index in [1.807, 2.05) is 30.3 Å². The molecule has 24 heavy (non-hydrogen) atoms. The fraction of sp³-hybridized carbons (Fsp3) is 0. The number of non-ortho nitro benzene ring substituents is 1. The predicted molar refractivity (Wildman–Crippen MR) is 91.4 cm³/mol. The normalized spacial score (nSPS) is 10.4. The molecule has 0 fully saturated rings. The summed E-state index contributed by atoms with van der Waals surface area (Å²) in [5, 5.41) is 22.3. The number of rotatable bonds is 4. The lowest BCUT2D eigenvalue weighted by Crippen LogP contribution is -2.12. The third kappa shape index (κ3) is 3.39. The molecule has 0 bridgehead atoms. The number of nitrogens with zero attached hydrogens (tertiary/aromatic N) is 3. The lowest BCUT2D eigenvalue weighted by Gasteiger charge is -2.03. The fourth-order valence-electron chi connectivity index (χ4n) is 1.94. The Morgan fingerprint density at radius 1 is 1.17 bits per heavy atom. The zero-order chi connectivity index (χ0) is 17.1. The Labute approximate surface area is 145 Å². The predicted octanol–water partition coefficient (Wildman–Crippen LogP) is 4.02. The van der Waals surface area contributed by atoms with Crippen LogP contribution >= 0.6 is 22.9 Å². The van der Waals surface area contributed by atoms with Gasteiger partial charge in [-0.1, -0.05) is 53.3 Å². The Kier molecular flexibility index (Phi) is 4.50. The summed E-state index contributed by atoms with van der Waals surface area (Å²) in [4.78, 5) is 22.5. The van der Waals surface area contributed by atoms with E-state index in [2.05, 4.69) is 15.5 Å². The summed E-state index contributed by atoms with van der Waals surface area (Å²) in [5.41, 5.74) is 0.665. The maximum Gasteiger partial charge on any atom is 0.270 e. The van der Waals surface area contributed by atoms with E-state index in [9.17, 15) is 14.9 Å². The zero-order valence-electron chi connectivity index (χ0n) is 12.0. The molecule has 0 aliphatic carbocycles. The van der Waals surface area contributed by atoms with Gasteiger partial charge in [-0.15, -0.1) is 10.2 Å². The monoisotopic (exact) mass is 360 g/mol. The van der Waals surface area contributed by atoms with Gasteiger partial charge in [-0.05, 0) is 6.07 Å². The molecular formula is C15H9ClN4O3S. The van der Waals surface area contributed by atoms with Crippen LogP contribution in [0.5, 0.6) is 0 Å². The topological polar surface area (TPSA) is 98.0 Å². The first kappa shape index (κ1) is 16.0. The summed E-state index contributed by atoms with van der Waals surface area (Å²) in [5.74, 6) is -0.584. The Bertz CT molecular complexity index is 914. The number of halogens is 1. The number of carbonyl (C=O) groups excluding carboxylic acids is 1. The van der Waals surface area contributed by atoms with Crippen LogP contribution in [-0.4, -0.2) is 21.0 Å². The molecule has 1 aromatic heterocycles. The van der Waals surface area contributed by atoms with E-state index < -0.39 is 10.8 Å². The molecule has 9 heteroatoms. The van der Waals surface area contributed by atoms with Gasteiger partial charge in [-0.3, -0.25) is 20.2 Å². The molecule has 0 spiro atoms. The minimum atomic E-state index is -0.592. The van der Waals surface area contributed by atoms with Crippen LogP contribution in [0.3, 0.4) is 0 Å². The van der Waals surface area contributed by atoms with Crippen molar-refractivity contribution in [3.63, 3.8) is 0 Å². The number of hydrogen-bond donors (Lipinski definition) is 1. The molecule has 1 heterocycles. The SMILES string of the molecule is O=C(Nc1nnc(-c2ccccc2)s1)c1cc([N+](=O)[O-])ccc1Cl. The van der Waals surface area contributed by atoms with Gasteiger partial charge in [0.25, 0.3) is 11.6 Å². The Morgan fingerprint density at radius 3 is 2.62 bits per heavy atom. The van der Waals surface area contributed by atoms with Gasteiger partial charge in [-0.2, -0.15) is 0 Å². The maximum atomic E-state index is 12.3. The molecule has 0 unspecified atom stereocenters. The Hall–Kier alpha value is -2.84. The van der Waals surface area contributed by atoms with E-state index in [0.717, 1.165) is 11.6 Å². The minimum absolute atomic E-state index is 0.00216. The molecule has 1 amide bonds. The molecule has 120 valence electrons. The molecule has 1 N–H and O–H groups in total. The summed E-state index contributed by atoms with van der Waals surface area (Å²) in [6.07, 6.45) is 0. The van der Waals surface area contributed by atoms with Gasteiger partial charge in [0.1, 0.15) is 5.01 Å². The number of carbonyl (C=O) groups is 1. The molecule has 0 aliphatic heterocycles. The molecule has 0 saturated carbocycles. The smallest absolute Gasteiger partial charge is 0.270 e. The first-order valence-corrected chi connectivity index (χ1v) is 7.88. The molecule has 7 nitrogen and oxygen atoms in total. The van der Waals surface area contributed by atoms with Gasteiger partial charge in [-0.25, -0.2) is 0 Å². The fourth-order valence-corrected chi connectivity index (χ4v) is 2.88. The van der Waals surface area contributed by atoms with Crippen molar-refractivity contribution >= 4 is 39.7 Å². The lowest BCUT2D eigenvalue weighted by atomic mass is 10.2. The highest BCUT2D eigenvalue weighted by Gasteiger charge is 2.17. The van der Waals surface area contributed by atoms with Crippen LogP contribution in [0.25, 0.3) is 10.6 Å². The highest BCUT2D eigenvalue weighted by Crippen LogP contribution is 2.27. The number of anilines is 1. The summed E-state index contributed by atoms with van der Waals surface area (Å²) < 4.78 is 0. The van der Waals surface area contributed by atoms with Gasteiger partial charge in [0.2, 0.25) is 5.13 Å². The van der Waals surface area contributed by atoms with E-state index in [1.54, 1.807) is 0 Å². The summed E-state index contributed by atoms with van der Waals surface area (Å²) in [6.45, 7) is 0. The highest BCUT2D eigenvalue weighted by atomic mass is 35.5. The molecular weight excluding hydrogens is 352 g/mol. The standard InChI is InChI=1S/C15H9ClN4O3S/c16-12-7-6-10(20(22)23)8-11(12)13(21)17-15-19-18-14(24-15)9-4-2-1-3-5-9/h1-8H,(H,17,19,21). The molecule has 3 rings (SSSR count). The number of aromatic nitrogens is 2. The van der Waals surface area contributed by atoms with Crippen molar-refractivity contribution in [2.24, 2.45) is 0 Å². The number of nitro benzene ring substituents is 1. The van der Waals surface area contributed by atoms with E-state index in [-0.39, 0.29) is 21.4 Å². The van der Waals surface area contributed by atoms with Crippen LogP contribution in [0.15, 0.2) is 48.5 Å². The molecule has 0 saturated heterocycles.